The van der Waals surface area contributed by atoms with Crippen LogP contribution in [0.5, 0.6) is 0 Å². The van der Waals surface area contributed by atoms with Gasteiger partial charge in [0.05, 0.1) is 12.7 Å². The van der Waals surface area contributed by atoms with Crippen LogP contribution in [0.25, 0.3) is 0 Å². The first-order valence-electron chi connectivity index (χ1n) is 7.46. The zero-order valence-electron chi connectivity index (χ0n) is 12.6. The van der Waals surface area contributed by atoms with E-state index in [9.17, 15) is 0 Å². The molecule has 20 heavy (non-hydrogen) atoms. The number of anilines is 1. The van der Waals surface area contributed by atoms with Crippen molar-refractivity contribution in [3.05, 3.63) is 30.3 Å². The molecule has 1 aromatic rings. The first-order chi connectivity index (χ1) is 9.83. The highest BCUT2D eigenvalue weighted by Gasteiger charge is 2.20. The Kier molecular flexibility index (Phi) is 6.30. The summed E-state index contributed by atoms with van der Waals surface area (Å²) in [6.07, 6.45) is 0.188. The highest BCUT2D eigenvalue weighted by atomic mass is 16.5. The molecule has 1 saturated heterocycles. The molecule has 0 aliphatic carbocycles. The molecule has 0 radical (unpaired) electrons. The van der Waals surface area contributed by atoms with Gasteiger partial charge in [-0.3, -0.25) is 4.90 Å². The monoisotopic (exact) mass is 278 g/mol. The van der Waals surface area contributed by atoms with E-state index in [0.717, 1.165) is 39.3 Å². The van der Waals surface area contributed by atoms with Gasteiger partial charge in [-0.1, -0.05) is 18.2 Å². The van der Waals surface area contributed by atoms with Gasteiger partial charge in [0.15, 0.2) is 0 Å². The zero-order valence-corrected chi connectivity index (χ0v) is 12.6. The van der Waals surface area contributed by atoms with Crippen molar-refractivity contribution in [2.24, 2.45) is 0 Å². The largest absolute Gasteiger partial charge is 0.382 e. The number of piperazine rings is 1. The van der Waals surface area contributed by atoms with Crippen LogP contribution in [0.2, 0.25) is 0 Å². The Labute approximate surface area is 122 Å². The molecule has 4 heteroatoms. The summed E-state index contributed by atoms with van der Waals surface area (Å²) in [6.45, 7) is 8.75. The molecule has 1 atom stereocenters. The molecule has 4 nitrogen and oxygen atoms in total. The van der Waals surface area contributed by atoms with E-state index in [2.05, 4.69) is 40.1 Å². The minimum atomic E-state index is 0.188. The van der Waals surface area contributed by atoms with E-state index in [-0.39, 0.29) is 6.10 Å². The molecule has 0 bridgehead atoms. The summed E-state index contributed by atoms with van der Waals surface area (Å²) in [5.74, 6) is 0. The molecule has 1 aliphatic rings. The van der Waals surface area contributed by atoms with E-state index >= 15 is 0 Å². The Morgan fingerprint density at radius 3 is 2.40 bits per heavy atom. The third kappa shape index (κ3) is 4.47. The van der Waals surface area contributed by atoms with Gasteiger partial charge >= 0.3 is 0 Å². The maximum absolute atomic E-state index is 5.72. The maximum atomic E-state index is 5.72. The topological polar surface area (TPSA) is 24.9 Å². The van der Waals surface area contributed by atoms with Crippen LogP contribution >= 0.6 is 0 Å². The van der Waals surface area contributed by atoms with Gasteiger partial charge in [-0.2, -0.15) is 0 Å². The molecule has 1 aliphatic heterocycles. The fourth-order valence-electron chi connectivity index (χ4n) is 2.69. The molecule has 0 unspecified atom stereocenters. The molecule has 0 aromatic heterocycles. The number of rotatable bonds is 7. The van der Waals surface area contributed by atoms with Crippen LogP contribution in [-0.2, 0) is 9.47 Å². The summed E-state index contributed by atoms with van der Waals surface area (Å²) in [7, 11) is 1.74. The van der Waals surface area contributed by atoms with E-state index in [1.165, 1.54) is 5.69 Å². The van der Waals surface area contributed by atoms with Crippen molar-refractivity contribution in [1.29, 1.82) is 0 Å². The molecule has 0 saturated carbocycles. The first-order valence-corrected chi connectivity index (χ1v) is 7.46. The molecule has 112 valence electrons. The number of methoxy groups -OCH3 is 1. The SMILES string of the molecule is CCO[C@@H](COC)CN1CCN(c2ccccc2)CC1. The third-order valence-electron chi connectivity index (χ3n) is 3.71. The highest BCUT2D eigenvalue weighted by Crippen LogP contribution is 2.15. The summed E-state index contributed by atoms with van der Waals surface area (Å²) >= 11 is 0. The van der Waals surface area contributed by atoms with Crippen molar-refractivity contribution in [1.82, 2.24) is 4.90 Å². The summed E-state index contributed by atoms with van der Waals surface area (Å²) in [5, 5.41) is 0. The van der Waals surface area contributed by atoms with Crippen LogP contribution in [0.3, 0.4) is 0 Å². The summed E-state index contributed by atoms with van der Waals surface area (Å²) < 4.78 is 10.9. The minimum absolute atomic E-state index is 0.188. The van der Waals surface area contributed by atoms with Gasteiger partial charge in [0.1, 0.15) is 0 Å². The lowest BCUT2D eigenvalue weighted by molar-refractivity contribution is -0.0159. The average molecular weight is 278 g/mol. The maximum Gasteiger partial charge on any atom is 0.0934 e. The Morgan fingerprint density at radius 1 is 1.10 bits per heavy atom. The van der Waals surface area contributed by atoms with Gasteiger partial charge in [0, 0.05) is 52.1 Å². The molecule has 1 fully saturated rings. The van der Waals surface area contributed by atoms with E-state index in [0.29, 0.717) is 6.61 Å². The standard InChI is InChI=1S/C16H26N2O2/c1-3-20-16(14-19-2)13-17-9-11-18(12-10-17)15-7-5-4-6-8-15/h4-8,16H,3,9-14H2,1-2H3/t16-/m1/s1. The van der Waals surface area contributed by atoms with Crippen LogP contribution in [-0.4, -0.2) is 64.1 Å². The number of ether oxygens (including phenoxy) is 2. The fraction of sp³-hybridized carbons (Fsp3) is 0.625. The zero-order chi connectivity index (χ0) is 14.2. The minimum Gasteiger partial charge on any atom is -0.382 e. The lowest BCUT2D eigenvalue weighted by Crippen LogP contribution is -2.49. The predicted molar refractivity (Wildman–Crippen MR) is 82.4 cm³/mol. The van der Waals surface area contributed by atoms with Crippen molar-refractivity contribution in [3.8, 4) is 0 Å². The Bertz CT molecular complexity index is 358. The Morgan fingerprint density at radius 2 is 1.80 bits per heavy atom. The quantitative estimate of drug-likeness (QED) is 0.760. The van der Waals surface area contributed by atoms with Crippen LogP contribution in [0.4, 0.5) is 5.69 Å². The Hall–Kier alpha value is -1.10. The van der Waals surface area contributed by atoms with Crippen molar-refractivity contribution in [2.75, 3.05) is 57.9 Å². The van der Waals surface area contributed by atoms with Gasteiger partial charge < -0.3 is 14.4 Å². The number of nitrogens with zero attached hydrogens (tertiary/aromatic N) is 2. The van der Waals surface area contributed by atoms with Crippen molar-refractivity contribution in [3.63, 3.8) is 0 Å². The van der Waals surface area contributed by atoms with Crippen LogP contribution in [0.15, 0.2) is 30.3 Å². The smallest absolute Gasteiger partial charge is 0.0934 e. The Balaban J connectivity index is 1.79. The van der Waals surface area contributed by atoms with Gasteiger partial charge in [0.2, 0.25) is 0 Å². The first kappa shape index (κ1) is 15.3. The average Bonchev–Trinajstić information content (AvgIpc) is 2.49. The normalized spacial score (nSPS) is 18.2. The fourth-order valence-corrected chi connectivity index (χ4v) is 2.69. The predicted octanol–water partition coefficient (Wildman–Crippen LogP) is 1.86. The highest BCUT2D eigenvalue weighted by molar-refractivity contribution is 5.46. The lowest BCUT2D eigenvalue weighted by atomic mass is 10.2. The summed E-state index contributed by atoms with van der Waals surface area (Å²) in [5.41, 5.74) is 1.32. The molecule has 2 rings (SSSR count). The molecule has 1 heterocycles. The lowest BCUT2D eigenvalue weighted by Gasteiger charge is -2.37. The van der Waals surface area contributed by atoms with Crippen molar-refractivity contribution >= 4 is 5.69 Å². The molecule has 0 spiro atoms. The number of hydrogen-bond acceptors (Lipinski definition) is 4. The number of hydrogen-bond donors (Lipinski definition) is 0. The molecule has 0 N–H and O–H groups in total. The molecule has 1 aromatic carbocycles. The van der Waals surface area contributed by atoms with Crippen molar-refractivity contribution < 1.29 is 9.47 Å². The van der Waals surface area contributed by atoms with Gasteiger partial charge in [-0.15, -0.1) is 0 Å². The molecular weight excluding hydrogens is 252 g/mol. The summed E-state index contributed by atoms with van der Waals surface area (Å²) in [6, 6.07) is 10.6. The second-order valence-corrected chi connectivity index (χ2v) is 5.16. The van der Waals surface area contributed by atoms with Gasteiger partial charge in [-0.05, 0) is 19.1 Å². The van der Waals surface area contributed by atoms with E-state index in [4.69, 9.17) is 9.47 Å². The number of benzene rings is 1. The van der Waals surface area contributed by atoms with E-state index in [1.54, 1.807) is 7.11 Å². The van der Waals surface area contributed by atoms with E-state index in [1.807, 2.05) is 6.92 Å². The van der Waals surface area contributed by atoms with Gasteiger partial charge in [0.25, 0.3) is 0 Å². The second-order valence-electron chi connectivity index (χ2n) is 5.16. The van der Waals surface area contributed by atoms with Crippen molar-refractivity contribution in [2.45, 2.75) is 13.0 Å². The molecular formula is C16H26N2O2. The summed E-state index contributed by atoms with van der Waals surface area (Å²) in [4.78, 5) is 4.92. The van der Waals surface area contributed by atoms with Crippen LogP contribution < -0.4 is 4.90 Å². The number of para-hydroxylation sites is 1. The van der Waals surface area contributed by atoms with Crippen LogP contribution in [0.1, 0.15) is 6.92 Å². The van der Waals surface area contributed by atoms with Gasteiger partial charge in [-0.25, -0.2) is 0 Å². The third-order valence-corrected chi connectivity index (χ3v) is 3.71. The van der Waals surface area contributed by atoms with Crippen LogP contribution in [0, 0.1) is 0 Å². The molecule has 0 amide bonds. The second kappa shape index (κ2) is 8.25. The van der Waals surface area contributed by atoms with E-state index < -0.39 is 0 Å².